The lowest BCUT2D eigenvalue weighted by molar-refractivity contribution is -0.153. The minimum absolute atomic E-state index is 0.00942. The lowest BCUT2D eigenvalue weighted by atomic mass is 9.89. The molecule has 9 nitrogen and oxygen atoms in total. The van der Waals surface area contributed by atoms with Gasteiger partial charge in [0.15, 0.2) is 22.1 Å². The zero-order valence-corrected chi connectivity index (χ0v) is 22.2. The van der Waals surface area contributed by atoms with Crippen molar-refractivity contribution in [3.05, 3.63) is 64.6 Å². The number of nitrogens with one attached hydrogen (secondary N) is 2. The SMILES string of the molecule is Cc1cc(F)ccc1-c1nn2c(c1NC(=O)CS(C)(=O)=O)C(=O)N[C@@]1(CCc3cc(OCC(F)(F)F)ccc31)C2. The molecule has 0 unspecified atom stereocenters. The molecule has 0 fully saturated rings. The van der Waals surface area contributed by atoms with Crippen molar-refractivity contribution < 1.29 is 40.3 Å². The molecule has 1 atom stereocenters. The van der Waals surface area contributed by atoms with Gasteiger partial charge in [-0.2, -0.15) is 18.3 Å². The summed E-state index contributed by atoms with van der Waals surface area (Å²) < 4.78 is 81.3. The Morgan fingerprint density at radius 3 is 2.65 bits per heavy atom. The van der Waals surface area contributed by atoms with Crippen LogP contribution in [0.5, 0.6) is 5.75 Å². The van der Waals surface area contributed by atoms with Gasteiger partial charge in [-0.1, -0.05) is 6.07 Å². The van der Waals surface area contributed by atoms with E-state index >= 15 is 0 Å². The number of sulfone groups is 1. The highest BCUT2D eigenvalue weighted by Gasteiger charge is 2.46. The predicted octanol–water partition coefficient (Wildman–Crippen LogP) is 3.51. The molecule has 0 bridgehead atoms. The Labute approximate surface area is 226 Å². The van der Waals surface area contributed by atoms with Gasteiger partial charge in [-0.15, -0.1) is 0 Å². The molecule has 1 aliphatic carbocycles. The Kier molecular flexibility index (Phi) is 6.63. The molecule has 0 saturated heterocycles. The summed E-state index contributed by atoms with van der Waals surface area (Å²) >= 11 is 0. The van der Waals surface area contributed by atoms with Crippen molar-refractivity contribution in [1.82, 2.24) is 15.1 Å². The van der Waals surface area contributed by atoms with E-state index in [2.05, 4.69) is 15.7 Å². The van der Waals surface area contributed by atoms with Crippen LogP contribution in [0.3, 0.4) is 0 Å². The van der Waals surface area contributed by atoms with E-state index in [9.17, 15) is 35.6 Å². The van der Waals surface area contributed by atoms with Crippen LogP contribution in [0.15, 0.2) is 36.4 Å². The molecule has 0 radical (unpaired) electrons. The van der Waals surface area contributed by atoms with Crippen LogP contribution < -0.4 is 15.4 Å². The molecule has 1 spiro atoms. The number of rotatable bonds is 6. The van der Waals surface area contributed by atoms with Gasteiger partial charge in [-0.05, 0) is 66.8 Å². The highest BCUT2D eigenvalue weighted by atomic mass is 32.2. The molecule has 3 aromatic rings. The number of aryl methyl sites for hydroxylation is 2. The number of hydrogen-bond acceptors (Lipinski definition) is 6. The van der Waals surface area contributed by atoms with Crippen LogP contribution in [-0.4, -0.2) is 54.8 Å². The maximum atomic E-state index is 13.8. The number of carbonyl (C=O) groups is 2. The maximum Gasteiger partial charge on any atom is 0.422 e. The molecule has 40 heavy (non-hydrogen) atoms. The van der Waals surface area contributed by atoms with Gasteiger partial charge in [0.05, 0.1) is 12.1 Å². The third kappa shape index (κ3) is 5.40. The number of carbonyl (C=O) groups excluding carboxylic acids is 2. The molecule has 0 saturated carbocycles. The first kappa shape index (κ1) is 27.6. The largest absolute Gasteiger partial charge is 0.484 e. The second kappa shape index (κ2) is 9.61. The van der Waals surface area contributed by atoms with Gasteiger partial charge in [0.1, 0.15) is 28.7 Å². The first-order chi connectivity index (χ1) is 18.6. The molecule has 5 rings (SSSR count). The Hall–Kier alpha value is -3.94. The number of benzene rings is 2. The first-order valence-electron chi connectivity index (χ1n) is 12.1. The number of ether oxygens (including phenoxy) is 1. The molecule has 1 aliphatic heterocycles. The molecule has 2 aromatic carbocycles. The number of alkyl halides is 3. The summed E-state index contributed by atoms with van der Waals surface area (Å²) in [6.45, 7) is 0.328. The molecule has 2 heterocycles. The van der Waals surface area contributed by atoms with E-state index in [0.29, 0.717) is 35.1 Å². The minimum Gasteiger partial charge on any atom is -0.484 e. The number of nitrogens with zero attached hydrogens (tertiary/aromatic N) is 2. The van der Waals surface area contributed by atoms with Crippen molar-refractivity contribution in [1.29, 1.82) is 0 Å². The average Bonchev–Trinajstić information content (AvgIpc) is 3.34. The number of amides is 2. The smallest absolute Gasteiger partial charge is 0.422 e. The van der Waals surface area contributed by atoms with Gasteiger partial charge in [-0.3, -0.25) is 14.3 Å². The molecule has 14 heteroatoms. The van der Waals surface area contributed by atoms with Crippen LogP contribution in [-0.2, 0) is 33.1 Å². The van der Waals surface area contributed by atoms with E-state index in [4.69, 9.17) is 4.74 Å². The molecular weight excluding hydrogens is 556 g/mol. The third-order valence-corrected chi connectivity index (χ3v) is 7.64. The molecular formula is C26H24F4N4O5S. The fourth-order valence-electron chi connectivity index (χ4n) is 5.27. The van der Waals surface area contributed by atoms with Crippen LogP contribution in [0.4, 0.5) is 23.2 Å². The van der Waals surface area contributed by atoms with E-state index < -0.39 is 51.5 Å². The van der Waals surface area contributed by atoms with Gasteiger partial charge < -0.3 is 15.4 Å². The lowest BCUT2D eigenvalue weighted by Crippen LogP contribution is -2.52. The highest BCUT2D eigenvalue weighted by Crippen LogP contribution is 2.44. The third-order valence-electron chi connectivity index (χ3n) is 6.86. The predicted molar refractivity (Wildman–Crippen MR) is 136 cm³/mol. The summed E-state index contributed by atoms with van der Waals surface area (Å²) in [5.41, 5.74) is 1.53. The summed E-state index contributed by atoms with van der Waals surface area (Å²) in [5, 5.41) is 10.1. The molecule has 2 N–H and O–H groups in total. The van der Waals surface area contributed by atoms with Crippen molar-refractivity contribution in [3.8, 4) is 17.0 Å². The fraction of sp³-hybridized carbons (Fsp3) is 0.346. The summed E-state index contributed by atoms with van der Waals surface area (Å²) in [4.78, 5) is 26.2. The van der Waals surface area contributed by atoms with Gasteiger partial charge in [-0.25, -0.2) is 12.8 Å². The number of halogens is 4. The van der Waals surface area contributed by atoms with Crippen LogP contribution in [0, 0.1) is 12.7 Å². The number of aromatic nitrogens is 2. The number of anilines is 1. The Bertz CT molecular complexity index is 1650. The summed E-state index contributed by atoms with van der Waals surface area (Å²) in [7, 11) is -3.68. The van der Waals surface area contributed by atoms with Gasteiger partial charge >= 0.3 is 6.18 Å². The summed E-state index contributed by atoms with van der Waals surface area (Å²) in [6, 6.07) is 8.46. The Balaban J connectivity index is 1.54. The van der Waals surface area contributed by atoms with Crippen LogP contribution in [0.1, 0.15) is 33.6 Å². The van der Waals surface area contributed by atoms with Crippen molar-refractivity contribution >= 4 is 27.3 Å². The van der Waals surface area contributed by atoms with E-state index in [-0.39, 0.29) is 29.4 Å². The monoisotopic (exact) mass is 580 g/mol. The van der Waals surface area contributed by atoms with E-state index in [1.165, 1.54) is 35.0 Å². The van der Waals surface area contributed by atoms with Crippen molar-refractivity contribution in [2.24, 2.45) is 0 Å². The Morgan fingerprint density at radius 1 is 1.23 bits per heavy atom. The van der Waals surface area contributed by atoms with Crippen LogP contribution >= 0.6 is 0 Å². The van der Waals surface area contributed by atoms with E-state index in [0.717, 1.165) is 6.26 Å². The number of fused-ring (bicyclic) bond motifs is 3. The fourth-order valence-corrected chi connectivity index (χ4v) is 5.82. The van der Waals surface area contributed by atoms with Crippen molar-refractivity contribution in [2.45, 2.75) is 38.0 Å². The number of hydrogen-bond donors (Lipinski definition) is 2. The Morgan fingerprint density at radius 2 is 1.98 bits per heavy atom. The quantitative estimate of drug-likeness (QED) is 0.431. The van der Waals surface area contributed by atoms with Crippen molar-refractivity contribution in [2.75, 3.05) is 23.9 Å². The highest BCUT2D eigenvalue weighted by molar-refractivity contribution is 7.91. The molecule has 212 valence electrons. The zero-order chi connectivity index (χ0) is 29.0. The zero-order valence-electron chi connectivity index (χ0n) is 21.4. The minimum atomic E-state index is -4.48. The second-order valence-electron chi connectivity index (χ2n) is 10.1. The first-order valence-corrected chi connectivity index (χ1v) is 14.2. The van der Waals surface area contributed by atoms with Gasteiger partial charge in [0.25, 0.3) is 5.91 Å². The van der Waals surface area contributed by atoms with Crippen LogP contribution in [0.2, 0.25) is 0 Å². The standard InChI is InChI=1S/C26H24F4N4O5S/c1-14-9-16(27)3-5-18(14)21-22(31-20(35)11-40(2,37)38)23-24(36)32-25(12-34(23)33-21)8-7-15-10-17(4-6-19(15)25)39-13-26(28,29)30/h3-6,9-10H,7-8,11-13H2,1-2H3,(H,31,35)(H,32,36)/t25-/m0/s1. The normalized spacial score (nSPS) is 18.3. The molecule has 2 aliphatic rings. The van der Waals surface area contributed by atoms with Gasteiger partial charge in [0.2, 0.25) is 5.91 Å². The summed E-state index contributed by atoms with van der Waals surface area (Å²) in [5.74, 6) is -2.72. The molecule has 1 aromatic heterocycles. The average molecular weight is 581 g/mol. The second-order valence-corrected chi connectivity index (χ2v) is 12.2. The topological polar surface area (TPSA) is 119 Å². The van der Waals surface area contributed by atoms with Gasteiger partial charge in [0, 0.05) is 11.8 Å². The molecule has 2 amide bonds. The van der Waals surface area contributed by atoms with Crippen molar-refractivity contribution in [3.63, 3.8) is 0 Å². The maximum absolute atomic E-state index is 13.8. The summed E-state index contributed by atoms with van der Waals surface area (Å²) in [6.07, 6.45) is -2.70. The van der Waals surface area contributed by atoms with E-state index in [1.54, 1.807) is 13.0 Å². The lowest BCUT2D eigenvalue weighted by Gasteiger charge is -2.36. The van der Waals surface area contributed by atoms with Crippen LogP contribution in [0.25, 0.3) is 11.3 Å². The van der Waals surface area contributed by atoms with E-state index in [1.807, 2.05) is 0 Å².